The zero-order valence-corrected chi connectivity index (χ0v) is 33.0. The number of nitrogens with zero attached hydrogens (tertiary/aromatic N) is 6. The van der Waals surface area contributed by atoms with Crippen molar-refractivity contribution in [3.05, 3.63) is 84.3 Å². The maximum Gasteiger partial charge on any atom is 0.262 e. The molecule has 59 heavy (non-hydrogen) atoms. The summed E-state index contributed by atoms with van der Waals surface area (Å²) in [7, 11) is 3.84. The van der Waals surface area contributed by atoms with Gasteiger partial charge >= 0.3 is 0 Å². The summed E-state index contributed by atoms with van der Waals surface area (Å²) in [4.78, 5) is 76.3. The van der Waals surface area contributed by atoms with Gasteiger partial charge in [0.2, 0.25) is 23.6 Å². The molecule has 3 fully saturated rings. The standard InChI is InChI=1S/C44H45N7O8/c1-48(41(53)25-57-24-26-22-50(23-26)29-6-8-33-34(17-29)44(56)51(43(33)55)37-9-10-39(52)47-42(37)54)14-3-15-58-30-18-31(19-30)59-40-11-5-28(20-46-40)27-4-7-32-35-21-45-13-12-36(35)49(2)38(32)16-27/h4-8,11-13,16-17,20-21,26,30-31,37H,3,9-10,14-15,18-19,22-25H2,1-2H3,(H,47,52,54)/t30-,31-,37?. The number of carbonyl (C=O) groups is 5. The third kappa shape index (κ3) is 7.51. The highest BCUT2D eigenvalue weighted by Gasteiger charge is 2.45. The van der Waals surface area contributed by atoms with Gasteiger partial charge in [-0.3, -0.25) is 39.2 Å². The molecule has 3 aliphatic heterocycles. The van der Waals surface area contributed by atoms with Gasteiger partial charge in [-0.05, 0) is 54.8 Å². The average molecular weight is 800 g/mol. The number of piperidine rings is 1. The number of likely N-dealkylation sites (N-methyl/N-ethyl adjacent to an activating group) is 1. The van der Waals surface area contributed by atoms with Crippen molar-refractivity contribution < 1.29 is 38.2 Å². The number of carbonyl (C=O) groups excluding carboxylic acids is 5. The van der Waals surface area contributed by atoms with Gasteiger partial charge in [-0.2, -0.15) is 0 Å². The highest BCUT2D eigenvalue weighted by atomic mass is 16.5. The predicted octanol–water partition coefficient (Wildman–Crippen LogP) is 4.12. The summed E-state index contributed by atoms with van der Waals surface area (Å²) in [5.41, 5.74) is 5.71. The number of rotatable bonds is 14. The van der Waals surface area contributed by atoms with Gasteiger partial charge in [0.15, 0.2) is 0 Å². The zero-order valence-electron chi connectivity index (χ0n) is 33.0. The maximum absolute atomic E-state index is 13.2. The zero-order chi connectivity index (χ0) is 40.8. The first-order valence-electron chi connectivity index (χ1n) is 20.1. The lowest BCUT2D eigenvalue weighted by Gasteiger charge is -2.41. The quantitative estimate of drug-likeness (QED) is 0.127. The lowest BCUT2D eigenvalue weighted by Crippen LogP contribution is -2.54. The molecule has 2 aromatic carbocycles. The van der Waals surface area contributed by atoms with Crippen molar-refractivity contribution in [2.45, 2.75) is 50.4 Å². The van der Waals surface area contributed by atoms with E-state index in [1.807, 2.05) is 36.8 Å². The molecule has 15 heteroatoms. The number of nitrogens with one attached hydrogen (secondary N) is 1. The van der Waals surface area contributed by atoms with Crippen molar-refractivity contribution >= 4 is 57.0 Å². The number of aryl methyl sites for hydroxylation is 1. The van der Waals surface area contributed by atoms with Crippen LogP contribution in [0.25, 0.3) is 32.9 Å². The van der Waals surface area contributed by atoms with E-state index in [0.29, 0.717) is 45.1 Å². The van der Waals surface area contributed by atoms with Crippen LogP contribution in [0.1, 0.15) is 52.8 Å². The summed E-state index contributed by atoms with van der Waals surface area (Å²) in [5, 5.41) is 4.53. The molecule has 1 atom stereocenters. The van der Waals surface area contributed by atoms with Crippen molar-refractivity contribution in [3.8, 4) is 17.0 Å². The van der Waals surface area contributed by atoms with Crippen LogP contribution in [0.3, 0.4) is 0 Å². The summed E-state index contributed by atoms with van der Waals surface area (Å²) in [6.45, 7) is 2.89. The molecule has 2 saturated heterocycles. The Bertz CT molecular complexity index is 2470. The summed E-state index contributed by atoms with van der Waals surface area (Å²) in [5.74, 6) is -1.37. The molecule has 9 rings (SSSR count). The van der Waals surface area contributed by atoms with Gasteiger partial charge in [0.05, 0.1) is 29.4 Å². The first-order chi connectivity index (χ1) is 28.6. The highest BCUT2D eigenvalue weighted by molar-refractivity contribution is 6.23. The third-order valence-corrected chi connectivity index (χ3v) is 12.0. The molecule has 0 spiro atoms. The minimum absolute atomic E-state index is 0.00643. The number of anilines is 1. The molecule has 15 nitrogen and oxygen atoms in total. The van der Waals surface area contributed by atoms with Gasteiger partial charge in [0, 0.05) is 118 Å². The Kier molecular flexibility index (Phi) is 10.3. The van der Waals surface area contributed by atoms with E-state index in [9.17, 15) is 24.0 Å². The van der Waals surface area contributed by atoms with Crippen molar-refractivity contribution in [1.29, 1.82) is 0 Å². The van der Waals surface area contributed by atoms with Crippen LogP contribution in [0.2, 0.25) is 0 Å². The van der Waals surface area contributed by atoms with Crippen LogP contribution < -0.4 is 15.0 Å². The van der Waals surface area contributed by atoms with Crippen LogP contribution in [0, 0.1) is 5.92 Å². The van der Waals surface area contributed by atoms with Gasteiger partial charge < -0.3 is 28.6 Å². The molecule has 1 saturated carbocycles. The molecule has 4 aliphatic rings. The number of pyridine rings is 2. The predicted molar refractivity (Wildman–Crippen MR) is 217 cm³/mol. The summed E-state index contributed by atoms with van der Waals surface area (Å²) in [6, 6.07) is 16.5. The first-order valence-corrected chi connectivity index (χ1v) is 20.1. The SMILES string of the molecule is CN(CCCO[C@H]1C[C@H](Oc2ccc(-c3ccc4c5cnccc5n(C)c4c3)cn2)C1)C(=O)COCC1CN(c2ccc3c(c2)C(=O)N(C2CCC(=O)NC2=O)C3=O)C1. The van der Waals surface area contributed by atoms with E-state index in [4.69, 9.17) is 14.2 Å². The smallest absolute Gasteiger partial charge is 0.262 e. The number of amides is 5. The molecule has 3 aromatic heterocycles. The number of ether oxygens (including phenoxy) is 3. The fourth-order valence-electron chi connectivity index (χ4n) is 8.42. The monoisotopic (exact) mass is 799 g/mol. The van der Waals surface area contributed by atoms with Crippen LogP contribution in [-0.2, 0) is 30.9 Å². The summed E-state index contributed by atoms with van der Waals surface area (Å²) in [6.07, 6.45) is 8.26. The van der Waals surface area contributed by atoms with Crippen LogP contribution in [-0.4, -0.2) is 119 Å². The molecular weight excluding hydrogens is 755 g/mol. The first kappa shape index (κ1) is 38.3. The molecule has 304 valence electrons. The molecule has 0 radical (unpaired) electrons. The number of hydrogen-bond donors (Lipinski definition) is 1. The Labute approximate surface area is 340 Å². The van der Waals surface area contributed by atoms with Crippen LogP contribution in [0.5, 0.6) is 5.88 Å². The molecule has 0 bridgehead atoms. The van der Waals surface area contributed by atoms with Crippen LogP contribution in [0.15, 0.2) is 73.2 Å². The topological polar surface area (TPSA) is 166 Å². The van der Waals surface area contributed by atoms with Crippen molar-refractivity contribution in [2.75, 3.05) is 51.4 Å². The number of aromatic nitrogens is 3. The molecule has 1 N–H and O–H groups in total. The Balaban J connectivity index is 0.642. The molecule has 1 unspecified atom stereocenters. The molecule has 6 heterocycles. The van der Waals surface area contributed by atoms with Crippen molar-refractivity contribution in [1.82, 2.24) is 29.7 Å². The van der Waals surface area contributed by atoms with Gasteiger partial charge in [-0.1, -0.05) is 12.1 Å². The number of fused-ring (bicyclic) bond motifs is 4. The van der Waals surface area contributed by atoms with E-state index in [0.717, 1.165) is 51.0 Å². The fourth-order valence-corrected chi connectivity index (χ4v) is 8.42. The molecule has 5 aromatic rings. The second kappa shape index (κ2) is 15.9. The minimum Gasteiger partial charge on any atom is -0.474 e. The van der Waals surface area contributed by atoms with Gasteiger partial charge in [0.25, 0.3) is 11.8 Å². The lowest BCUT2D eigenvalue weighted by molar-refractivity contribution is -0.137. The molecular formula is C44H45N7O8. The second-order valence-corrected chi connectivity index (χ2v) is 15.9. The van der Waals surface area contributed by atoms with Gasteiger partial charge in [-0.25, -0.2) is 4.98 Å². The number of benzene rings is 2. The minimum atomic E-state index is -0.996. The summed E-state index contributed by atoms with van der Waals surface area (Å²) < 4.78 is 20.1. The molecule has 1 aliphatic carbocycles. The van der Waals surface area contributed by atoms with Crippen LogP contribution >= 0.6 is 0 Å². The second-order valence-electron chi connectivity index (χ2n) is 15.9. The third-order valence-electron chi connectivity index (χ3n) is 12.0. The van der Waals surface area contributed by atoms with E-state index in [1.54, 1.807) is 30.1 Å². The number of hydrogen-bond acceptors (Lipinski definition) is 11. The lowest BCUT2D eigenvalue weighted by atomic mass is 9.92. The highest BCUT2D eigenvalue weighted by Crippen LogP contribution is 2.34. The largest absolute Gasteiger partial charge is 0.474 e. The van der Waals surface area contributed by atoms with Crippen molar-refractivity contribution in [3.63, 3.8) is 0 Å². The fraction of sp³-hybridized carbons (Fsp3) is 0.386. The van der Waals surface area contributed by atoms with E-state index < -0.39 is 29.7 Å². The Morgan fingerprint density at radius 1 is 0.898 bits per heavy atom. The summed E-state index contributed by atoms with van der Waals surface area (Å²) >= 11 is 0. The maximum atomic E-state index is 13.2. The van der Waals surface area contributed by atoms with E-state index in [2.05, 4.69) is 50.0 Å². The van der Waals surface area contributed by atoms with E-state index in [1.165, 1.54) is 5.39 Å². The van der Waals surface area contributed by atoms with Gasteiger partial charge in [-0.15, -0.1) is 0 Å². The Hall–Kier alpha value is -6.19. The van der Waals surface area contributed by atoms with Gasteiger partial charge in [0.1, 0.15) is 18.8 Å². The normalized spacial score (nSPS) is 20.5. The Morgan fingerprint density at radius 2 is 1.71 bits per heavy atom. The van der Waals surface area contributed by atoms with Crippen LogP contribution in [0.4, 0.5) is 5.69 Å². The van der Waals surface area contributed by atoms with E-state index in [-0.39, 0.29) is 54.6 Å². The Morgan fingerprint density at radius 3 is 2.51 bits per heavy atom. The van der Waals surface area contributed by atoms with Crippen molar-refractivity contribution in [2.24, 2.45) is 13.0 Å². The van der Waals surface area contributed by atoms with E-state index >= 15 is 0 Å². The molecule has 5 amide bonds. The number of imide groups is 2. The average Bonchev–Trinajstić information content (AvgIpc) is 3.63.